The molecule has 0 aliphatic heterocycles. The van der Waals surface area contributed by atoms with E-state index < -0.39 is 0 Å². The number of nitrogens with one attached hydrogen (secondary N) is 1. The molecule has 0 radical (unpaired) electrons. The molecular formula is C13H21N3O2. The number of hydrogen-bond donors (Lipinski definition) is 1. The zero-order valence-electron chi connectivity index (χ0n) is 11.3. The van der Waals surface area contributed by atoms with E-state index in [1.807, 2.05) is 6.07 Å². The second kappa shape index (κ2) is 6.96. The summed E-state index contributed by atoms with van der Waals surface area (Å²) >= 11 is 0. The molecule has 18 heavy (non-hydrogen) atoms. The van der Waals surface area contributed by atoms with Crippen molar-refractivity contribution in [2.24, 2.45) is 0 Å². The Labute approximate surface area is 108 Å². The fraction of sp³-hybridized carbons (Fsp3) is 0.538. The molecule has 0 atom stereocenters. The van der Waals surface area contributed by atoms with E-state index in [9.17, 15) is 10.1 Å². The van der Waals surface area contributed by atoms with Gasteiger partial charge in [-0.2, -0.15) is 0 Å². The Kier molecular flexibility index (Phi) is 5.58. The first kappa shape index (κ1) is 14.4. The third kappa shape index (κ3) is 4.71. The van der Waals surface area contributed by atoms with Gasteiger partial charge in [0.05, 0.1) is 4.92 Å². The van der Waals surface area contributed by atoms with Crippen molar-refractivity contribution in [2.45, 2.75) is 19.8 Å². The molecule has 100 valence electrons. The van der Waals surface area contributed by atoms with Crippen molar-refractivity contribution in [3.8, 4) is 0 Å². The van der Waals surface area contributed by atoms with Crippen LogP contribution in [0.2, 0.25) is 0 Å². The van der Waals surface area contributed by atoms with E-state index in [1.54, 1.807) is 19.1 Å². The summed E-state index contributed by atoms with van der Waals surface area (Å²) < 4.78 is 0. The molecule has 1 aromatic rings. The fourth-order valence-electron chi connectivity index (χ4n) is 1.70. The molecule has 0 saturated heterocycles. The van der Waals surface area contributed by atoms with Gasteiger partial charge in [-0.1, -0.05) is 6.07 Å². The van der Waals surface area contributed by atoms with Gasteiger partial charge in [0.25, 0.3) is 5.69 Å². The molecular weight excluding hydrogens is 230 g/mol. The Hall–Kier alpha value is -1.62. The lowest BCUT2D eigenvalue weighted by molar-refractivity contribution is -0.385. The fourth-order valence-corrected chi connectivity index (χ4v) is 1.70. The summed E-state index contributed by atoms with van der Waals surface area (Å²) in [5, 5.41) is 14.0. The van der Waals surface area contributed by atoms with Gasteiger partial charge in [0.15, 0.2) is 0 Å². The van der Waals surface area contributed by atoms with Crippen LogP contribution in [0, 0.1) is 17.0 Å². The molecule has 0 aliphatic rings. The second-order valence-corrected chi connectivity index (χ2v) is 4.70. The predicted octanol–water partition coefficient (Wildman–Crippen LogP) is 2.66. The Morgan fingerprint density at radius 3 is 2.67 bits per heavy atom. The van der Waals surface area contributed by atoms with Gasteiger partial charge in [0, 0.05) is 23.9 Å². The number of nitro benzene ring substituents is 1. The smallest absolute Gasteiger partial charge is 0.274 e. The molecule has 0 heterocycles. The summed E-state index contributed by atoms with van der Waals surface area (Å²) in [7, 11) is 4.10. The standard InChI is InChI=1S/C13H21N3O2/c1-11-6-7-12(10-13(11)16(17)18)14-8-4-5-9-15(2)3/h6-7,10,14H,4-5,8-9H2,1-3H3. The number of aryl methyl sites for hydroxylation is 1. The van der Waals surface area contributed by atoms with E-state index in [0.717, 1.165) is 31.6 Å². The van der Waals surface area contributed by atoms with Crippen molar-refractivity contribution >= 4 is 11.4 Å². The van der Waals surface area contributed by atoms with E-state index in [2.05, 4.69) is 24.3 Å². The lowest BCUT2D eigenvalue weighted by Crippen LogP contribution is -2.14. The van der Waals surface area contributed by atoms with Crippen LogP contribution in [0.1, 0.15) is 18.4 Å². The number of hydrogen-bond acceptors (Lipinski definition) is 4. The Morgan fingerprint density at radius 2 is 2.06 bits per heavy atom. The predicted molar refractivity (Wildman–Crippen MR) is 74.1 cm³/mol. The first-order chi connectivity index (χ1) is 8.50. The maximum atomic E-state index is 10.8. The van der Waals surface area contributed by atoms with E-state index in [1.165, 1.54) is 0 Å². The minimum absolute atomic E-state index is 0.174. The molecule has 0 spiro atoms. The first-order valence-corrected chi connectivity index (χ1v) is 6.14. The molecule has 0 bridgehead atoms. The van der Waals surface area contributed by atoms with Crippen molar-refractivity contribution in [3.05, 3.63) is 33.9 Å². The third-order valence-electron chi connectivity index (χ3n) is 2.77. The molecule has 1 aromatic carbocycles. The van der Waals surface area contributed by atoms with Gasteiger partial charge in [-0.15, -0.1) is 0 Å². The topological polar surface area (TPSA) is 58.4 Å². The van der Waals surface area contributed by atoms with Gasteiger partial charge in [0.2, 0.25) is 0 Å². The number of unbranched alkanes of at least 4 members (excludes halogenated alkanes) is 1. The third-order valence-corrected chi connectivity index (χ3v) is 2.77. The lowest BCUT2D eigenvalue weighted by Gasteiger charge is -2.10. The summed E-state index contributed by atoms with van der Waals surface area (Å²) in [5.74, 6) is 0. The Morgan fingerprint density at radius 1 is 1.33 bits per heavy atom. The number of nitrogens with zero attached hydrogens (tertiary/aromatic N) is 2. The van der Waals surface area contributed by atoms with Crippen LogP contribution in [0.4, 0.5) is 11.4 Å². The highest BCUT2D eigenvalue weighted by Gasteiger charge is 2.10. The van der Waals surface area contributed by atoms with Crippen molar-refractivity contribution in [1.82, 2.24) is 4.90 Å². The molecule has 1 N–H and O–H groups in total. The average molecular weight is 251 g/mol. The van der Waals surface area contributed by atoms with Crippen LogP contribution in [0.15, 0.2) is 18.2 Å². The van der Waals surface area contributed by atoms with Gasteiger partial charge in [-0.05, 0) is 46.5 Å². The average Bonchev–Trinajstić information content (AvgIpc) is 2.30. The normalized spacial score (nSPS) is 10.7. The maximum absolute atomic E-state index is 10.8. The Bertz CT molecular complexity index is 405. The van der Waals surface area contributed by atoms with Crippen molar-refractivity contribution in [1.29, 1.82) is 0 Å². The van der Waals surface area contributed by atoms with E-state index in [4.69, 9.17) is 0 Å². The molecule has 5 nitrogen and oxygen atoms in total. The maximum Gasteiger partial charge on any atom is 0.274 e. The molecule has 0 aromatic heterocycles. The number of anilines is 1. The summed E-state index contributed by atoms with van der Waals surface area (Å²) in [6.45, 7) is 3.66. The highest BCUT2D eigenvalue weighted by atomic mass is 16.6. The van der Waals surface area contributed by atoms with Crippen LogP contribution in [-0.2, 0) is 0 Å². The van der Waals surface area contributed by atoms with E-state index in [-0.39, 0.29) is 10.6 Å². The van der Waals surface area contributed by atoms with Crippen LogP contribution >= 0.6 is 0 Å². The highest BCUT2D eigenvalue weighted by molar-refractivity contribution is 5.54. The lowest BCUT2D eigenvalue weighted by atomic mass is 10.2. The summed E-state index contributed by atoms with van der Waals surface area (Å²) in [4.78, 5) is 12.6. The van der Waals surface area contributed by atoms with Crippen LogP contribution in [0.25, 0.3) is 0 Å². The summed E-state index contributed by atoms with van der Waals surface area (Å²) in [6, 6.07) is 5.26. The highest BCUT2D eigenvalue weighted by Crippen LogP contribution is 2.22. The number of benzene rings is 1. The van der Waals surface area contributed by atoms with Crippen molar-refractivity contribution in [3.63, 3.8) is 0 Å². The van der Waals surface area contributed by atoms with Crippen LogP contribution in [-0.4, -0.2) is 37.0 Å². The van der Waals surface area contributed by atoms with Crippen LogP contribution < -0.4 is 5.32 Å². The van der Waals surface area contributed by atoms with Crippen LogP contribution in [0.3, 0.4) is 0 Å². The quantitative estimate of drug-likeness (QED) is 0.460. The molecule has 0 amide bonds. The number of rotatable bonds is 7. The zero-order chi connectivity index (χ0) is 13.5. The number of nitro groups is 1. The first-order valence-electron chi connectivity index (χ1n) is 6.14. The van der Waals surface area contributed by atoms with Gasteiger partial charge in [-0.3, -0.25) is 10.1 Å². The minimum atomic E-state index is -0.341. The second-order valence-electron chi connectivity index (χ2n) is 4.70. The van der Waals surface area contributed by atoms with Crippen LogP contribution in [0.5, 0.6) is 0 Å². The summed E-state index contributed by atoms with van der Waals surface area (Å²) in [5.41, 5.74) is 1.68. The van der Waals surface area contributed by atoms with Gasteiger partial charge in [0.1, 0.15) is 0 Å². The largest absolute Gasteiger partial charge is 0.385 e. The van der Waals surface area contributed by atoms with Gasteiger partial charge in [-0.25, -0.2) is 0 Å². The molecule has 0 saturated carbocycles. The van der Waals surface area contributed by atoms with E-state index >= 15 is 0 Å². The monoisotopic (exact) mass is 251 g/mol. The van der Waals surface area contributed by atoms with Gasteiger partial charge >= 0.3 is 0 Å². The van der Waals surface area contributed by atoms with E-state index in [0.29, 0.717) is 5.56 Å². The Balaban J connectivity index is 2.43. The zero-order valence-corrected chi connectivity index (χ0v) is 11.3. The molecule has 0 unspecified atom stereocenters. The molecule has 0 fully saturated rings. The SMILES string of the molecule is Cc1ccc(NCCCCN(C)C)cc1[N+](=O)[O-]. The van der Waals surface area contributed by atoms with Crippen molar-refractivity contribution < 1.29 is 4.92 Å². The van der Waals surface area contributed by atoms with Crippen molar-refractivity contribution in [2.75, 3.05) is 32.5 Å². The minimum Gasteiger partial charge on any atom is -0.385 e. The van der Waals surface area contributed by atoms with Gasteiger partial charge < -0.3 is 10.2 Å². The molecule has 1 rings (SSSR count). The summed E-state index contributed by atoms with van der Waals surface area (Å²) in [6.07, 6.45) is 2.17. The molecule has 5 heteroatoms. The molecule has 0 aliphatic carbocycles.